The first-order valence-corrected chi connectivity index (χ1v) is 9.11. The third-order valence-corrected chi connectivity index (χ3v) is 4.70. The molecule has 0 spiro atoms. The lowest BCUT2D eigenvalue weighted by Crippen LogP contribution is -2.37. The Bertz CT molecular complexity index is 1080. The summed E-state index contributed by atoms with van der Waals surface area (Å²) >= 11 is 6.11. The molecule has 0 bridgehead atoms. The van der Waals surface area contributed by atoms with E-state index in [1.807, 2.05) is 29.8 Å². The first-order chi connectivity index (χ1) is 12.9. The van der Waals surface area contributed by atoms with Gasteiger partial charge in [0.05, 0.1) is 6.54 Å². The number of anilines is 1. The zero-order valence-corrected chi connectivity index (χ0v) is 16.4. The standard InChI is InChI=1S/C18H23ClN6O2/c1-20-8-5-9-21-17-22-15-14(16(26)24(3)18(27)23(15)2)25(17)11-12-6-4-7-13(19)10-12/h4,6-7,10,20H,5,8-9,11H2,1-3H3,(H,21,22). The van der Waals surface area contributed by atoms with Crippen molar-refractivity contribution in [1.29, 1.82) is 0 Å². The zero-order chi connectivity index (χ0) is 19.6. The predicted octanol–water partition coefficient (Wildman–Crippen LogP) is 1.16. The number of hydrogen-bond donors (Lipinski definition) is 2. The van der Waals surface area contributed by atoms with Crippen LogP contribution in [0.3, 0.4) is 0 Å². The predicted molar refractivity (Wildman–Crippen MR) is 108 cm³/mol. The number of nitrogens with one attached hydrogen (secondary N) is 2. The Hall–Kier alpha value is -2.58. The van der Waals surface area contributed by atoms with Crippen molar-refractivity contribution in [3.63, 3.8) is 0 Å². The van der Waals surface area contributed by atoms with E-state index in [0.717, 1.165) is 23.1 Å². The molecule has 2 aromatic heterocycles. The number of aromatic nitrogens is 4. The molecule has 144 valence electrons. The van der Waals surface area contributed by atoms with Crippen LogP contribution in [0, 0.1) is 0 Å². The van der Waals surface area contributed by atoms with Gasteiger partial charge in [0.15, 0.2) is 11.2 Å². The minimum Gasteiger partial charge on any atom is -0.356 e. The van der Waals surface area contributed by atoms with E-state index in [-0.39, 0.29) is 5.56 Å². The fourth-order valence-electron chi connectivity index (χ4n) is 3.02. The summed E-state index contributed by atoms with van der Waals surface area (Å²) in [5, 5.41) is 7.00. The van der Waals surface area contributed by atoms with E-state index in [1.54, 1.807) is 13.1 Å². The van der Waals surface area contributed by atoms with Crippen molar-refractivity contribution in [2.24, 2.45) is 14.1 Å². The summed E-state index contributed by atoms with van der Waals surface area (Å²) < 4.78 is 4.30. The molecule has 8 nitrogen and oxygen atoms in total. The quantitative estimate of drug-likeness (QED) is 0.591. The molecule has 0 atom stereocenters. The molecule has 27 heavy (non-hydrogen) atoms. The molecule has 0 aliphatic heterocycles. The number of nitrogens with zero attached hydrogens (tertiary/aromatic N) is 4. The van der Waals surface area contributed by atoms with E-state index in [1.165, 1.54) is 11.6 Å². The molecule has 2 heterocycles. The smallest absolute Gasteiger partial charge is 0.332 e. The highest BCUT2D eigenvalue weighted by Crippen LogP contribution is 2.19. The van der Waals surface area contributed by atoms with E-state index in [0.29, 0.717) is 35.2 Å². The number of aryl methyl sites for hydroxylation is 1. The molecule has 0 radical (unpaired) electrons. The molecule has 0 saturated carbocycles. The maximum absolute atomic E-state index is 12.8. The van der Waals surface area contributed by atoms with Crippen molar-refractivity contribution in [2.45, 2.75) is 13.0 Å². The summed E-state index contributed by atoms with van der Waals surface area (Å²) in [6.07, 6.45) is 0.897. The highest BCUT2D eigenvalue weighted by Gasteiger charge is 2.19. The van der Waals surface area contributed by atoms with Crippen LogP contribution >= 0.6 is 11.6 Å². The van der Waals surface area contributed by atoms with Crippen LogP contribution in [0.2, 0.25) is 5.02 Å². The maximum atomic E-state index is 12.8. The second-order valence-corrected chi connectivity index (χ2v) is 6.85. The Morgan fingerprint density at radius 3 is 2.63 bits per heavy atom. The van der Waals surface area contributed by atoms with Gasteiger partial charge in [-0.05, 0) is 37.7 Å². The van der Waals surface area contributed by atoms with Crippen molar-refractivity contribution in [3.05, 3.63) is 55.7 Å². The molecule has 0 fully saturated rings. The van der Waals surface area contributed by atoms with E-state index in [9.17, 15) is 9.59 Å². The molecule has 0 unspecified atom stereocenters. The van der Waals surface area contributed by atoms with Gasteiger partial charge in [-0.1, -0.05) is 23.7 Å². The van der Waals surface area contributed by atoms with E-state index in [2.05, 4.69) is 15.6 Å². The summed E-state index contributed by atoms with van der Waals surface area (Å²) in [5.41, 5.74) is 0.917. The summed E-state index contributed by atoms with van der Waals surface area (Å²) in [7, 11) is 4.99. The highest BCUT2D eigenvalue weighted by atomic mass is 35.5. The summed E-state index contributed by atoms with van der Waals surface area (Å²) in [4.78, 5) is 29.6. The van der Waals surface area contributed by atoms with Gasteiger partial charge >= 0.3 is 5.69 Å². The Kier molecular flexibility index (Phi) is 5.67. The second kappa shape index (κ2) is 7.98. The maximum Gasteiger partial charge on any atom is 0.332 e. The van der Waals surface area contributed by atoms with Crippen molar-refractivity contribution in [1.82, 2.24) is 24.0 Å². The topological polar surface area (TPSA) is 85.9 Å². The van der Waals surface area contributed by atoms with Gasteiger partial charge < -0.3 is 10.6 Å². The van der Waals surface area contributed by atoms with Crippen molar-refractivity contribution >= 4 is 28.7 Å². The van der Waals surface area contributed by atoms with Crippen LogP contribution in [0.1, 0.15) is 12.0 Å². The lowest BCUT2D eigenvalue weighted by Gasteiger charge is -2.11. The lowest BCUT2D eigenvalue weighted by molar-refractivity contribution is 0.702. The molecule has 1 aromatic carbocycles. The van der Waals surface area contributed by atoms with Gasteiger partial charge in [0.25, 0.3) is 5.56 Å². The van der Waals surface area contributed by atoms with Crippen LogP contribution in [-0.2, 0) is 20.6 Å². The van der Waals surface area contributed by atoms with Gasteiger partial charge in [0, 0.05) is 25.7 Å². The number of benzene rings is 1. The Balaban J connectivity index is 2.14. The third-order valence-electron chi connectivity index (χ3n) is 4.46. The molecule has 2 N–H and O–H groups in total. The molecule has 3 aromatic rings. The third kappa shape index (κ3) is 3.77. The number of halogens is 1. The molecular weight excluding hydrogens is 368 g/mol. The van der Waals surface area contributed by atoms with Crippen LogP contribution in [-0.4, -0.2) is 38.8 Å². The number of fused-ring (bicyclic) bond motifs is 1. The largest absolute Gasteiger partial charge is 0.356 e. The van der Waals surface area contributed by atoms with Crippen LogP contribution in [0.25, 0.3) is 11.2 Å². The monoisotopic (exact) mass is 390 g/mol. The first kappa shape index (κ1) is 19.2. The normalized spacial score (nSPS) is 11.3. The van der Waals surface area contributed by atoms with E-state index < -0.39 is 5.69 Å². The van der Waals surface area contributed by atoms with Crippen LogP contribution < -0.4 is 21.9 Å². The Labute approximate surface area is 161 Å². The summed E-state index contributed by atoms with van der Waals surface area (Å²) in [6.45, 7) is 1.97. The average molecular weight is 391 g/mol. The molecule has 0 aliphatic rings. The van der Waals surface area contributed by atoms with Gasteiger partial charge in [-0.25, -0.2) is 4.79 Å². The summed E-state index contributed by atoms with van der Waals surface area (Å²) in [5.74, 6) is 0.555. The zero-order valence-electron chi connectivity index (χ0n) is 15.6. The van der Waals surface area contributed by atoms with Crippen molar-refractivity contribution in [3.8, 4) is 0 Å². The SMILES string of the molecule is CNCCCNc1nc2c(c(=O)n(C)c(=O)n2C)n1Cc1cccc(Cl)c1. The van der Waals surface area contributed by atoms with Crippen LogP contribution in [0.4, 0.5) is 5.95 Å². The van der Waals surface area contributed by atoms with Gasteiger partial charge in [-0.2, -0.15) is 4.98 Å². The minimum absolute atomic E-state index is 0.362. The minimum atomic E-state index is -0.401. The molecule has 9 heteroatoms. The molecular formula is C18H23ClN6O2. The van der Waals surface area contributed by atoms with E-state index in [4.69, 9.17) is 11.6 Å². The summed E-state index contributed by atoms with van der Waals surface area (Å²) in [6, 6.07) is 7.46. The molecule has 0 saturated heterocycles. The van der Waals surface area contributed by atoms with Crippen LogP contribution in [0.5, 0.6) is 0 Å². The number of rotatable bonds is 7. The van der Waals surface area contributed by atoms with Crippen molar-refractivity contribution < 1.29 is 0 Å². The number of imidazole rings is 1. The fraction of sp³-hybridized carbons (Fsp3) is 0.389. The number of hydrogen-bond acceptors (Lipinski definition) is 5. The highest BCUT2D eigenvalue weighted by molar-refractivity contribution is 6.30. The first-order valence-electron chi connectivity index (χ1n) is 8.73. The lowest BCUT2D eigenvalue weighted by atomic mass is 10.2. The Morgan fingerprint density at radius 1 is 1.15 bits per heavy atom. The van der Waals surface area contributed by atoms with Gasteiger partial charge in [0.1, 0.15) is 0 Å². The van der Waals surface area contributed by atoms with Gasteiger partial charge in [-0.15, -0.1) is 0 Å². The Morgan fingerprint density at radius 2 is 1.93 bits per heavy atom. The average Bonchev–Trinajstić information content (AvgIpc) is 3.00. The van der Waals surface area contributed by atoms with Crippen molar-refractivity contribution in [2.75, 3.05) is 25.5 Å². The van der Waals surface area contributed by atoms with Gasteiger partial charge in [-0.3, -0.25) is 18.5 Å². The van der Waals surface area contributed by atoms with Crippen LogP contribution in [0.15, 0.2) is 33.9 Å². The molecule has 0 amide bonds. The van der Waals surface area contributed by atoms with E-state index >= 15 is 0 Å². The second-order valence-electron chi connectivity index (χ2n) is 6.41. The molecule has 3 rings (SSSR count). The molecule has 0 aliphatic carbocycles. The fourth-order valence-corrected chi connectivity index (χ4v) is 3.23. The van der Waals surface area contributed by atoms with Gasteiger partial charge in [0.2, 0.25) is 5.95 Å².